The summed E-state index contributed by atoms with van der Waals surface area (Å²) in [7, 11) is -0.975. The van der Waals surface area contributed by atoms with Crippen molar-refractivity contribution in [3.05, 3.63) is 53.1 Å². The molecule has 0 saturated heterocycles. The molecule has 0 heterocycles. The fourth-order valence-electron chi connectivity index (χ4n) is 3.89. The number of rotatable bonds is 9. The molecule has 1 aliphatic rings. The number of carbonyl (C=O) groups is 1. The third kappa shape index (κ3) is 5.94. The molecule has 2 aromatic carbocycles. The molecule has 0 bridgehead atoms. The Morgan fingerprint density at radius 1 is 1.03 bits per heavy atom. The molecule has 9 heteroatoms. The van der Waals surface area contributed by atoms with Crippen LogP contribution in [0.4, 0.5) is 0 Å². The normalized spacial score (nSPS) is 14.9. The van der Waals surface area contributed by atoms with Gasteiger partial charge >= 0.3 is 0 Å². The van der Waals surface area contributed by atoms with Gasteiger partial charge in [0.1, 0.15) is 0 Å². The van der Waals surface area contributed by atoms with Gasteiger partial charge in [0.15, 0.2) is 11.5 Å². The van der Waals surface area contributed by atoms with E-state index in [1.54, 1.807) is 18.2 Å². The highest BCUT2D eigenvalue weighted by Crippen LogP contribution is 2.33. The van der Waals surface area contributed by atoms with Gasteiger partial charge in [0.05, 0.1) is 25.7 Å². The van der Waals surface area contributed by atoms with Gasteiger partial charge in [0.25, 0.3) is 0 Å². The monoisotopic (exact) mass is 480 g/mol. The lowest BCUT2D eigenvalue weighted by molar-refractivity contribution is -0.121. The highest BCUT2D eigenvalue weighted by atomic mass is 35.5. The quantitative estimate of drug-likeness (QED) is 0.586. The average molecular weight is 481 g/mol. The summed E-state index contributed by atoms with van der Waals surface area (Å²) in [6, 6.07) is 11.4. The maximum Gasteiger partial charge on any atom is 0.243 e. The van der Waals surface area contributed by atoms with Crippen molar-refractivity contribution in [1.29, 1.82) is 0 Å². The van der Waals surface area contributed by atoms with Crippen molar-refractivity contribution in [2.45, 2.75) is 49.6 Å². The number of hydrogen-bond acceptors (Lipinski definition) is 5. The fraction of sp³-hybridized carbons (Fsp3) is 0.435. The first kappa shape index (κ1) is 24.4. The number of hydrogen-bond donors (Lipinski definition) is 1. The lowest BCUT2D eigenvalue weighted by Crippen LogP contribution is -2.46. The van der Waals surface area contributed by atoms with Crippen molar-refractivity contribution >= 4 is 27.5 Å². The summed E-state index contributed by atoms with van der Waals surface area (Å²) in [6.45, 7) is 0.0554. The molecule has 1 N–H and O–H groups in total. The van der Waals surface area contributed by atoms with Crippen LogP contribution in [-0.2, 0) is 21.4 Å². The number of benzene rings is 2. The highest BCUT2D eigenvalue weighted by Gasteiger charge is 2.34. The Morgan fingerprint density at radius 2 is 1.69 bits per heavy atom. The van der Waals surface area contributed by atoms with Crippen molar-refractivity contribution in [1.82, 2.24) is 9.62 Å². The molecule has 1 amide bonds. The van der Waals surface area contributed by atoms with Gasteiger partial charge in [0.2, 0.25) is 15.9 Å². The average Bonchev–Trinajstić information content (AvgIpc) is 2.82. The van der Waals surface area contributed by atoms with Crippen molar-refractivity contribution in [2.24, 2.45) is 0 Å². The molecule has 7 nitrogen and oxygen atoms in total. The van der Waals surface area contributed by atoms with Crippen molar-refractivity contribution < 1.29 is 22.7 Å². The molecule has 0 aromatic heterocycles. The van der Waals surface area contributed by atoms with Crippen LogP contribution in [-0.4, -0.2) is 45.4 Å². The number of amides is 1. The second kappa shape index (κ2) is 11.0. The van der Waals surface area contributed by atoms with Crippen LogP contribution in [0.1, 0.15) is 37.7 Å². The fourth-order valence-corrected chi connectivity index (χ4v) is 5.68. The van der Waals surface area contributed by atoms with Crippen LogP contribution < -0.4 is 14.8 Å². The van der Waals surface area contributed by atoms with E-state index in [0.29, 0.717) is 23.1 Å². The largest absolute Gasteiger partial charge is 0.493 e. The van der Waals surface area contributed by atoms with E-state index < -0.39 is 10.0 Å². The molecule has 1 saturated carbocycles. The molecule has 1 aliphatic carbocycles. The Balaban J connectivity index is 1.81. The Morgan fingerprint density at radius 3 is 2.31 bits per heavy atom. The molecule has 0 radical (unpaired) electrons. The number of carbonyl (C=O) groups excluding carboxylic acids is 1. The smallest absolute Gasteiger partial charge is 0.243 e. The van der Waals surface area contributed by atoms with E-state index in [2.05, 4.69) is 5.32 Å². The van der Waals surface area contributed by atoms with E-state index in [-0.39, 0.29) is 23.4 Å². The van der Waals surface area contributed by atoms with E-state index in [1.807, 2.05) is 12.1 Å². The Bertz CT molecular complexity index is 1020. The first-order chi connectivity index (χ1) is 15.3. The summed E-state index contributed by atoms with van der Waals surface area (Å²) in [6.07, 6.45) is 4.42. The molecule has 32 heavy (non-hydrogen) atoms. The highest BCUT2D eigenvalue weighted by molar-refractivity contribution is 7.89. The lowest BCUT2D eigenvalue weighted by atomic mass is 9.95. The number of nitrogens with one attached hydrogen (secondary N) is 1. The Kier molecular flexibility index (Phi) is 8.39. The summed E-state index contributed by atoms with van der Waals surface area (Å²) < 4.78 is 39.0. The van der Waals surface area contributed by atoms with Crippen LogP contribution in [0.5, 0.6) is 11.5 Å². The first-order valence-electron chi connectivity index (χ1n) is 10.6. The van der Waals surface area contributed by atoms with Gasteiger partial charge in [-0.1, -0.05) is 43.0 Å². The maximum absolute atomic E-state index is 13.6. The molecule has 0 spiro atoms. The second-order valence-corrected chi connectivity index (χ2v) is 10.1. The van der Waals surface area contributed by atoms with E-state index in [4.69, 9.17) is 21.1 Å². The molecule has 0 atom stereocenters. The zero-order valence-corrected chi connectivity index (χ0v) is 19.9. The molecule has 174 valence electrons. The van der Waals surface area contributed by atoms with Crippen LogP contribution in [0.25, 0.3) is 0 Å². The molecular formula is C23H29ClN2O5S. The maximum atomic E-state index is 13.6. The molecule has 1 fully saturated rings. The summed E-state index contributed by atoms with van der Waals surface area (Å²) >= 11 is 5.90. The zero-order valence-electron chi connectivity index (χ0n) is 18.3. The van der Waals surface area contributed by atoms with Gasteiger partial charge in [-0.25, -0.2) is 8.42 Å². The number of ether oxygens (including phenoxy) is 2. The van der Waals surface area contributed by atoms with E-state index in [0.717, 1.165) is 37.7 Å². The third-order valence-electron chi connectivity index (χ3n) is 5.65. The van der Waals surface area contributed by atoms with Crippen LogP contribution in [0.2, 0.25) is 5.02 Å². The van der Waals surface area contributed by atoms with Gasteiger partial charge in [-0.15, -0.1) is 0 Å². The topological polar surface area (TPSA) is 84.9 Å². The number of halogens is 1. The summed E-state index contributed by atoms with van der Waals surface area (Å²) in [5.41, 5.74) is 0.884. The zero-order chi connectivity index (χ0) is 23.1. The Labute approximate surface area is 194 Å². The minimum atomic E-state index is -3.92. The van der Waals surface area contributed by atoms with Gasteiger partial charge in [-0.2, -0.15) is 4.31 Å². The SMILES string of the molecule is COc1ccc(S(=O)(=O)N(CC(=O)NCc2ccc(Cl)cc2)C2CCCCC2)cc1OC. The predicted octanol–water partition coefficient (Wildman–Crippen LogP) is 4.00. The first-order valence-corrected chi connectivity index (χ1v) is 12.4. The van der Waals surface area contributed by atoms with E-state index in [1.165, 1.54) is 30.7 Å². The lowest BCUT2D eigenvalue weighted by Gasteiger charge is -2.33. The number of nitrogens with zero attached hydrogens (tertiary/aromatic N) is 1. The van der Waals surface area contributed by atoms with Gasteiger partial charge in [-0.05, 0) is 42.7 Å². The standard InChI is InChI=1S/C23H29ClN2O5S/c1-30-21-13-12-20(14-22(21)31-2)32(28,29)26(19-6-4-3-5-7-19)16-23(27)25-15-17-8-10-18(24)11-9-17/h8-14,19H,3-7,15-16H2,1-2H3,(H,25,27). The van der Waals surface area contributed by atoms with Crippen molar-refractivity contribution in [2.75, 3.05) is 20.8 Å². The van der Waals surface area contributed by atoms with Gasteiger partial charge in [-0.3, -0.25) is 4.79 Å². The predicted molar refractivity (Wildman–Crippen MR) is 124 cm³/mol. The van der Waals surface area contributed by atoms with Crippen LogP contribution in [0.3, 0.4) is 0 Å². The van der Waals surface area contributed by atoms with E-state index >= 15 is 0 Å². The minimum Gasteiger partial charge on any atom is -0.493 e. The molecule has 2 aromatic rings. The molecular weight excluding hydrogens is 452 g/mol. The third-order valence-corrected chi connectivity index (χ3v) is 7.79. The van der Waals surface area contributed by atoms with Crippen LogP contribution in [0, 0.1) is 0 Å². The summed E-state index contributed by atoms with van der Waals surface area (Å²) in [4.78, 5) is 12.8. The second-order valence-electron chi connectivity index (χ2n) is 7.76. The summed E-state index contributed by atoms with van der Waals surface area (Å²) in [5, 5.41) is 3.43. The Hall–Kier alpha value is -2.29. The molecule has 0 unspecified atom stereocenters. The van der Waals surface area contributed by atoms with Crippen LogP contribution >= 0.6 is 11.6 Å². The van der Waals surface area contributed by atoms with E-state index in [9.17, 15) is 13.2 Å². The van der Waals surface area contributed by atoms with Gasteiger partial charge in [0, 0.05) is 23.7 Å². The molecule has 0 aliphatic heterocycles. The van der Waals surface area contributed by atoms with Crippen molar-refractivity contribution in [3.63, 3.8) is 0 Å². The molecule has 3 rings (SSSR count). The summed E-state index contributed by atoms with van der Waals surface area (Å²) in [5.74, 6) is 0.412. The van der Waals surface area contributed by atoms with Crippen molar-refractivity contribution in [3.8, 4) is 11.5 Å². The number of sulfonamides is 1. The van der Waals surface area contributed by atoms with Crippen LogP contribution in [0.15, 0.2) is 47.4 Å². The minimum absolute atomic E-state index is 0.0752. The number of methoxy groups -OCH3 is 2. The van der Waals surface area contributed by atoms with Gasteiger partial charge < -0.3 is 14.8 Å².